The lowest BCUT2D eigenvalue weighted by Crippen LogP contribution is -2.39. The molecule has 2 fully saturated rings. The molecule has 0 atom stereocenters. The van der Waals surface area contributed by atoms with E-state index in [-0.39, 0.29) is 0 Å². The molecule has 0 N–H and O–H groups in total. The summed E-state index contributed by atoms with van der Waals surface area (Å²) >= 11 is 0. The minimum absolute atomic E-state index is 0.670. The molecule has 2 saturated heterocycles. The molecule has 0 unspecified atom stereocenters. The standard InChI is InChI=1S/C22H28N6O2/c1-15-12-18-19(13-16(15)2)28(17(3)23-18)22-24-20(26-4-8-29-9-5-26)14-21(25-22)27-6-10-30-11-7-27/h12-14H,4-11H2,1-3H3. The van der Waals surface area contributed by atoms with E-state index >= 15 is 0 Å². The van der Waals surface area contributed by atoms with E-state index in [1.165, 1.54) is 11.1 Å². The fourth-order valence-electron chi connectivity index (χ4n) is 4.12. The van der Waals surface area contributed by atoms with Gasteiger partial charge >= 0.3 is 0 Å². The van der Waals surface area contributed by atoms with Gasteiger partial charge in [0.05, 0.1) is 37.5 Å². The second-order valence-electron chi connectivity index (χ2n) is 8.00. The topological polar surface area (TPSA) is 68.5 Å². The van der Waals surface area contributed by atoms with Crippen molar-refractivity contribution in [2.24, 2.45) is 0 Å². The van der Waals surface area contributed by atoms with Crippen molar-refractivity contribution in [2.75, 3.05) is 62.4 Å². The summed E-state index contributed by atoms with van der Waals surface area (Å²) in [4.78, 5) is 19.3. The van der Waals surface area contributed by atoms with E-state index < -0.39 is 0 Å². The fourth-order valence-corrected chi connectivity index (χ4v) is 4.12. The molecule has 1 aromatic carbocycles. The number of rotatable bonds is 3. The number of nitrogens with zero attached hydrogens (tertiary/aromatic N) is 6. The van der Waals surface area contributed by atoms with Crippen LogP contribution in [0.5, 0.6) is 0 Å². The third kappa shape index (κ3) is 3.50. The Labute approximate surface area is 176 Å². The zero-order valence-electron chi connectivity index (χ0n) is 17.9. The average Bonchev–Trinajstić information content (AvgIpc) is 3.09. The molecule has 2 aliphatic heterocycles. The van der Waals surface area contributed by atoms with Gasteiger partial charge in [-0.3, -0.25) is 4.57 Å². The van der Waals surface area contributed by atoms with Gasteiger partial charge in [-0.15, -0.1) is 0 Å². The van der Waals surface area contributed by atoms with Crippen molar-refractivity contribution < 1.29 is 9.47 Å². The molecular weight excluding hydrogens is 380 g/mol. The van der Waals surface area contributed by atoms with E-state index in [2.05, 4.69) is 46.4 Å². The largest absolute Gasteiger partial charge is 0.378 e. The third-order valence-electron chi connectivity index (χ3n) is 6.00. The van der Waals surface area contributed by atoms with E-state index in [1.54, 1.807) is 0 Å². The highest BCUT2D eigenvalue weighted by atomic mass is 16.5. The molecular formula is C22H28N6O2. The second-order valence-corrected chi connectivity index (χ2v) is 8.00. The van der Waals surface area contributed by atoms with E-state index in [1.807, 2.05) is 6.92 Å². The zero-order valence-corrected chi connectivity index (χ0v) is 17.9. The Hall–Kier alpha value is -2.71. The van der Waals surface area contributed by atoms with Crippen molar-refractivity contribution in [3.63, 3.8) is 0 Å². The third-order valence-corrected chi connectivity index (χ3v) is 6.00. The van der Waals surface area contributed by atoms with Gasteiger partial charge in [0.15, 0.2) is 0 Å². The minimum atomic E-state index is 0.670. The summed E-state index contributed by atoms with van der Waals surface area (Å²) in [5, 5.41) is 0. The van der Waals surface area contributed by atoms with E-state index in [0.29, 0.717) is 5.95 Å². The highest BCUT2D eigenvalue weighted by Gasteiger charge is 2.21. The first-order valence-electron chi connectivity index (χ1n) is 10.6. The van der Waals surface area contributed by atoms with Gasteiger partial charge in [0.2, 0.25) is 5.95 Å². The van der Waals surface area contributed by atoms with Crippen LogP contribution in [-0.4, -0.2) is 72.1 Å². The molecule has 8 heteroatoms. The molecule has 3 aromatic rings. The number of morpholine rings is 2. The van der Waals surface area contributed by atoms with Crippen LogP contribution >= 0.6 is 0 Å². The van der Waals surface area contributed by atoms with Crippen LogP contribution in [0.3, 0.4) is 0 Å². The maximum atomic E-state index is 5.54. The van der Waals surface area contributed by atoms with E-state index in [9.17, 15) is 0 Å². The lowest BCUT2D eigenvalue weighted by atomic mass is 10.1. The van der Waals surface area contributed by atoms with Crippen LogP contribution < -0.4 is 9.80 Å². The number of aryl methyl sites for hydroxylation is 3. The second kappa shape index (κ2) is 7.85. The number of benzene rings is 1. The first-order chi connectivity index (χ1) is 14.6. The van der Waals surface area contributed by atoms with Gasteiger partial charge in [-0.05, 0) is 44.0 Å². The SMILES string of the molecule is Cc1cc2nc(C)n(-c3nc(N4CCOCC4)cc(N4CCOCC4)n3)c2cc1C. The van der Waals surface area contributed by atoms with Crippen LogP contribution in [0.15, 0.2) is 18.2 Å². The first-order valence-corrected chi connectivity index (χ1v) is 10.6. The Morgan fingerprint density at radius 1 is 0.700 bits per heavy atom. The molecule has 2 aromatic heterocycles. The fraction of sp³-hybridized carbons (Fsp3) is 0.500. The smallest absolute Gasteiger partial charge is 0.239 e. The van der Waals surface area contributed by atoms with Crippen LogP contribution in [0.1, 0.15) is 17.0 Å². The number of ether oxygens (including phenoxy) is 2. The Bertz CT molecular complexity index is 1030. The number of anilines is 2. The molecule has 0 bridgehead atoms. The quantitative estimate of drug-likeness (QED) is 0.659. The summed E-state index contributed by atoms with van der Waals surface area (Å²) in [6, 6.07) is 6.43. The molecule has 0 amide bonds. The summed E-state index contributed by atoms with van der Waals surface area (Å²) in [5.74, 6) is 3.44. The Morgan fingerprint density at radius 2 is 1.23 bits per heavy atom. The number of aromatic nitrogens is 4. The predicted octanol–water partition coefficient (Wildman–Crippen LogP) is 2.41. The molecule has 158 valence electrons. The maximum absolute atomic E-state index is 5.54. The first kappa shape index (κ1) is 19.3. The minimum Gasteiger partial charge on any atom is -0.378 e. The van der Waals surface area contributed by atoms with E-state index in [0.717, 1.165) is 81.1 Å². The maximum Gasteiger partial charge on any atom is 0.239 e. The molecule has 5 rings (SSSR count). The average molecular weight is 409 g/mol. The van der Waals surface area contributed by atoms with Crippen molar-refractivity contribution in [1.29, 1.82) is 0 Å². The highest BCUT2D eigenvalue weighted by Crippen LogP contribution is 2.27. The molecule has 0 saturated carbocycles. The van der Waals surface area contributed by atoms with Gasteiger partial charge in [0, 0.05) is 32.2 Å². The summed E-state index contributed by atoms with van der Waals surface area (Å²) in [7, 11) is 0. The zero-order chi connectivity index (χ0) is 20.7. The lowest BCUT2D eigenvalue weighted by molar-refractivity contribution is 0.122. The van der Waals surface area contributed by atoms with Gasteiger partial charge in [-0.25, -0.2) is 4.98 Å². The van der Waals surface area contributed by atoms with Crippen molar-refractivity contribution in [2.45, 2.75) is 20.8 Å². The van der Waals surface area contributed by atoms with Gasteiger partial charge < -0.3 is 19.3 Å². The number of hydrogen-bond donors (Lipinski definition) is 0. The van der Waals surface area contributed by atoms with Crippen LogP contribution in [0.4, 0.5) is 11.6 Å². The van der Waals surface area contributed by atoms with Crippen molar-refractivity contribution >= 4 is 22.7 Å². The van der Waals surface area contributed by atoms with Crippen molar-refractivity contribution in [3.8, 4) is 5.95 Å². The summed E-state index contributed by atoms with van der Waals surface area (Å²) in [6.07, 6.45) is 0. The van der Waals surface area contributed by atoms with Gasteiger partial charge in [0.1, 0.15) is 17.5 Å². The number of fused-ring (bicyclic) bond motifs is 1. The van der Waals surface area contributed by atoms with E-state index in [4.69, 9.17) is 24.4 Å². The Balaban J connectivity index is 1.66. The molecule has 30 heavy (non-hydrogen) atoms. The molecule has 4 heterocycles. The molecule has 8 nitrogen and oxygen atoms in total. The normalized spacial score (nSPS) is 17.7. The highest BCUT2D eigenvalue weighted by molar-refractivity contribution is 5.79. The van der Waals surface area contributed by atoms with Gasteiger partial charge in [-0.2, -0.15) is 9.97 Å². The summed E-state index contributed by atoms with van der Waals surface area (Å²) in [6.45, 7) is 12.5. The molecule has 2 aliphatic rings. The van der Waals surface area contributed by atoms with Gasteiger partial charge in [-0.1, -0.05) is 0 Å². The van der Waals surface area contributed by atoms with Gasteiger partial charge in [0.25, 0.3) is 0 Å². The molecule has 0 radical (unpaired) electrons. The van der Waals surface area contributed by atoms with Crippen LogP contribution in [-0.2, 0) is 9.47 Å². The monoisotopic (exact) mass is 408 g/mol. The molecule has 0 aliphatic carbocycles. The predicted molar refractivity (Wildman–Crippen MR) is 117 cm³/mol. The summed E-state index contributed by atoms with van der Waals surface area (Å²) in [5.41, 5.74) is 4.50. The summed E-state index contributed by atoms with van der Waals surface area (Å²) < 4.78 is 13.2. The molecule has 0 spiro atoms. The number of imidazole rings is 1. The van der Waals surface area contributed by atoms with Crippen molar-refractivity contribution in [3.05, 3.63) is 35.2 Å². The Morgan fingerprint density at radius 3 is 1.80 bits per heavy atom. The van der Waals surface area contributed by atoms with Crippen LogP contribution in [0.2, 0.25) is 0 Å². The Kier molecular flexibility index (Phi) is 5.04. The lowest BCUT2D eigenvalue weighted by Gasteiger charge is -2.31. The van der Waals surface area contributed by atoms with Crippen LogP contribution in [0, 0.1) is 20.8 Å². The number of hydrogen-bond acceptors (Lipinski definition) is 7. The van der Waals surface area contributed by atoms with Crippen LogP contribution in [0.25, 0.3) is 17.0 Å². The van der Waals surface area contributed by atoms with Crippen molar-refractivity contribution in [1.82, 2.24) is 19.5 Å².